The lowest BCUT2D eigenvalue weighted by Gasteiger charge is -2.13. The van der Waals surface area contributed by atoms with E-state index in [1.807, 2.05) is 6.92 Å². The zero-order valence-electron chi connectivity index (χ0n) is 26.6. The van der Waals surface area contributed by atoms with Crippen molar-refractivity contribution in [2.75, 3.05) is 0 Å². The van der Waals surface area contributed by atoms with Crippen molar-refractivity contribution in [3.63, 3.8) is 0 Å². The smallest absolute Gasteiger partial charge is 0.306 e. The normalized spacial score (nSPS) is 13.0. The van der Waals surface area contributed by atoms with Gasteiger partial charge in [-0.25, -0.2) is 0 Å². The summed E-state index contributed by atoms with van der Waals surface area (Å²) in [6.45, 7) is 4.17. The quantitative estimate of drug-likeness (QED) is 0.0552. The van der Waals surface area contributed by atoms with Crippen LogP contribution in [0.3, 0.4) is 0 Å². The summed E-state index contributed by atoms with van der Waals surface area (Å²) in [5, 5.41) is 8.63. The Morgan fingerprint density at radius 1 is 0.561 bits per heavy atom. The van der Waals surface area contributed by atoms with Crippen LogP contribution in [0.1, 0.15) is 155 Å². The van der Waals surface area contributed by atoms with Crippen LogP contribution >= 0.6 is 0 Å². The van der Waals surface area contributed by atoms with Crippen molar-refractivity contribution in [3.05, 3.63) is 60.8 Å². The number of hydrogen-bond donors (Lipinski definition) is 1. The van der Waals surface area contributed by atoms with Crippen molar-refractivity contribution in [1.82, 2.24) is 0 Å². The molecule has 234 valence electrons. The minimum absolute atomic E-state index is 0.0201. The van der Waals surface area contributed by atoms with E-state index in [1.54, 1.807) is 0 Å². The molecular formula is C37H62O4. The summed E-state index contributed by atoms with van der Waals surface area (Å²) in [5.41, 5.74) is 0. The summed E-state index contributed by atoms with van der Waals surface area (Å²) in [7, 11) is 0. The number of carboxylic acid groups (broad SMARTS) is 1. The van der Waals surface area contributed by atoms with Gasteiger partial charge < -0.3 is 9.84 Å². The SMILES string of the molecule is CC/C=C\C/C=C\C/C=C\C/C=C\C/C=C\CCCC(=O)OC(C)CCCCCCCCCCCCCCC(=O)O. The number of rotatable bonds is 29. The van der Waals surface area contributed by atoms with Crippen LogP contribution in [0.4, 0.5) is 0 Å². The molecule has 0 spiro atoms. The second kappa shape index (κ2) is 32.2. The van der Waals surface area contributed by atoms with Crippen LogP contribution in [-0.2, 0) is 14.3 Å². The lowest BCUT2D eigenvalue weighted by Crippen LogP contribution is -2.14. The van der Waals surface area contributed by atoms with Crippen LogP contribution < -0.4 is 0 Å². The Labute approximate surface area is 253 Å². The molecule has 0 radical (unpaired) electrons. The van der Waals surface area contributed by atoms with Crippen molar-refractivity contribution in [2.45, 2.75) is 161 Å². The first-order valence-electron chi connectivity index (χ1n) is 16.7. The Morgan fingerprint density at radius 2 is 0.976 bits per heavy atom. The van der Waals surface area contributed by atoms with Crippen LogP contribution in [0.15, 0.2) is 60.8 Å². The summed E-state index contributed by atoms with van der Waals surface area (Å²) < 4.78 is 5.58. The molecule has 0 aromatic rings. The van der Waals surface area contributed by atoms with Crippen molar-refractivity contribution in [1.29, 1.82) is 0 Å². The number of carbonyl (C=O) groups is 2. The Morgan fingerprint density at radius 3 is 1.44 bits per heavy atom. The molecule has 1 unspecified atom stereocenters. The highest BCUT2D eigenvalue weighted by Crippen LogP contribution is 2.14. The average molecular weight is 571 g/mol. The van der Waals surface area contributed by atoms with Crippen LogP contribution in [0.2, 0.25) is 0 Å². The fourth-order valence-electron chi connectivity index (χ4n) is 4.55. The maximum absolute atomic E-state index is 12.1. The highest BCUT2D eigenvalue weighted by atomic mass is 16.5. The molecule has 0 aliphatic heterocycles. The standard InChI is InChI=1S/C37H62O4/c1-3-4-5-6-7-8-9-10-11-12-13-14-19-22-25-28-31-34-37(40)41-35(2)32-29-26-23-20-17-15-16-18-21-24-27-30-33-36(38)39/h4-5,7-8,10-11,13-14,22,25,35H,3,6,9,12,15-21,23-24,26-34H2,1-2H3,(H,38,39)/b5-4-,8-7-,11-10-,14-13-,25-22-. The average Bonchev–Trinajstić information content (AvgIpc) is 2.94. The molecule has 4 heteroatoms. The topological polar surface area (TPSA) is 63.6 Å². The van der Waals surface area contributed by atoms with E-state index in [0.29, 0.717) is 12.8 Å². The Balaban J connectivity index is 3.49. The van der Waals surface area contributed by atoms with Gasteiger partial charge >= 0.3 is 11.9 Å². The number of hydrogen-bond acceptors (Lipinski definition) is 3. The molecule has 0 aromatic heterocycles. The molecule has 0 fully saturated rings. The zero-order valence-corrected chi connectivity index (χ0v) is 26.6. The summed E-state index contributed by atoms with van der Waals surface area (Å²) in [6, 6.07) is 0. The maximum Gasteiger partial charge on any atom is 0.306 e. The predicted molar refractivity (Wildman–Crippen MR) is 176 cm³/mol. The number of carbonyl (C=O) groups excluding carboxylic acids is 1. The third kappa shape index (κ3) is 33.7. The van der Waals surface area contributed by atoms with E-state index in [9.17, 15) is 9.59 Å². The van der Waals surface area contributed by atoms with Crippen molar-refractivity contribution < 1.29 is 19.4 Å². The van der Waals surface area contributed by atoms with Gasteiger partial charge in [-0.1, -0.05) is 132 Å². The van der Waals surface area contributed by atoms with Gasteiger partial charge in [0.15, 0.2) is 0 Å². The Bertz CT molecular complexity index is 744. The highest BCUT2D eigenvalue weighted by Gasteiger charge is 2.08. The van der Waals surface area contributed by atoms with Gasteiger partial charge in [-0.2, -0.15) is 0 Å². The van der Waals surface area contributed by atoms with Gasteiger partial charge in [0.2, 0.25) is 0 Å². The third-order valence-corrected chi connectivity index (χ3v) is 6.99. The van der Waals surface area contributed by atoms with Crippen LogP contribution in [0.5, 0.6) is 0 Å². The number of aliphatic carboxylic acids is 1. The molecule has 0 saturated carbocycles. The molecule has 0 aliphatic rings. The second-order valence-electron chi connectivity index (χ2n) is 11.1. The highest BCUT2D eigenvalue weighted by molar-refractivity contribution is 5.69. The fraction of sp³-hybridized carbons (Fsp3) is 0.676. The lowest BCUT2D eigenvalue weighted by atomic mass is 10.0. The Kier molecular flexibility index (Phi) is 30.3. The molecule has 0 aromatic carbocycles. The number of esters is 1. The molecule has 0 rings (SSSR count). The minimum Gasteiger partial charge on any atom is -0.481 e. The monoisotopic (exact) mass is 570 g/mol. The summed E-state index contributed by atoms with van der Waals surface area (Å²) in [4.78, 5) is 22.6. The van der Waals surface area contributed by atoms with Crippen LogP contribution in [0.25, 0.3) is 0 Å². The van der Waals surface area contributed by atoms with Gasteiger partial charge in [-0.05, 0) is 71.1 Å². The molecule has 1 atom stereocenters. The first-order valence-corrected chi connectivity index (χ1v) is 16.7. The summed E-state index contributed by atoms with van der Waals surface area (Å²) >= 11 is 0. The molecule has 0 saturated heterocycles. The van der Waals surface area contributed by atoms with E-state index < -0.39 is 5.97 Å². The first kappa shape index (κ1) is 38.6. The van der Waals surface area contributed by atoms with Crippen molar-refractivity contribution in [2.24, 2.45) is 0 Å². The van der Waals surface area contributed by atoms with Gasteiger partial charge in [0.25, 0.3) is 0 Å². The largest absolute Gasteiger partial charge is 0.481 e. The second-order valence-corrected chi connectivity index (χ2v) is 11.1. The number of ether oxygens (including phenoxy) is 1. The number of allylic oxidation sites excluding steroid dienone is 10. The minimum atomic E-state index is -0.677. The number of carboxylic acids is 1. The van der Waals surface area contributed by atoms with E-state index in [-0.39, 0.29) is 12.1 Å². The summed E-state index contributed by atoms with van der Waals surface area (Å²) in [5.74, 6) is -0.740. The van der Waals surface area contributed by atoms with Gasteiger partial charge in [0.05, 0.1) is 6.10 Å². The molecule has 41 heavy (non-hydrogen) atoms. The molecule has 0 heterocycles. The van der Waals surface area contributed by atoms with E-state index in [2.05, 4.69) is 67.7 Å². The van der Waals surface area contributed by atoms with E-state index in [1.165, 1.54) is 57.8 Å². The van der Waals surface area contributed by atoms with E-state index >= 15 is 0 Å². The van der Waals surface area contributed by atoms with E-state index in [4.69, 9.17) is 9.84 Å². The zero-order chi connectivity index (χ0) is 30.1. The number of unbranched alkanes of at least 4 members (excludes halogenated alkanes) is 12. The first-order chi connectivity index (χ1) is 20.1. The molecular weight excluding hydrogens is 508 g/mol. The molecule has 4 nitrogen and oxygen atoms in total. The maximum atomic E-state index is 12.1. The van der Waals surface area contributed by atoms with E-state index in [0.717, 1.165) is 70.6 Å². The lowest BCUT2D eigenvalue weighted by molar-refractivity contribution is -0.148. The molecule has 0 amide bonds. The third-order valence-electron chi connectivity index (χ3n) is 6.99. The van der Waals surface area contributed by atoms with Gasteiger partial charge in [-0.15, -0.1) is 0 Å². The molecule has 1 N–H and O–H groups in total. The Hall–Kier alpha value is -2.36. The van der Waals surface area contributed by atoms with Gasteiger partial charge in [-0.3, -0.25) is 9.59 Å². The van der Waals surface area contributed by atoms with Crippen LogP contribution in [0, 0.1) is 0 Å². The molecule has 0 aliphatic carbocycles. The summed E-state index contributed by atoms with van der Waals surface area (Å²) in [6.07, 6.45) is 45.0. The molecule has 0 bridgehead atoms. The van der Waals surface area contributed by atoms with Gasteiger partial charge in [0.1, 0.15) is 0 Å². The van der Waals surface area contributed by atoms with Gasteiger partial charge in [0, 0.05) is 12.8 Å². The predicted octanol–water partition coefficient (Wildman–Crippen LogP) is 11.4. The van der Waals surface area contributed by atoms with Crippen molar-refractivity contribution >= 4 is 11.9 Å². The van der Waals surface area contributed by atoms with Crippen molar-refractivity contribution in [3.8, 4) is 0 Å². The fourth-order valence-corrected chi connectivity index (χ4v) is 4.55. The van der Waals surface area contributed by atoms with Crippen LogP contribution in [-0.4, -0.2) is 23.1 Å².